The van der Waals surface area contributed by atoms with E-state index in [4.69, 9.17) is 4.74 Å². The summed E-state index contributed by atoms with van der Waals surface area (Å²) in [5.74, 6) is 0.305. The molecule has 21 heavy (non-hydrogen) atoms. The van der Waals surface area contributed by atoms with Gasteiger partial charge in [0.1, 0.15) is 10.6 Å². The zero-order valence-corrected chi connectivity index (χ0v) is 12.8. The minimum Gasteiger partial charge on any atom is -0.495 e. The van der Waals surface area contributed by atoms with Gasteiger partial charge in [-0.1, -0.05) is 24.3 Å². The first-order valence-electron chi connectivity index (χ1n) is 6.58. The normalized spacial score (nSPS) is 11.5. The van der Waals surface area contributed by atoms with Crippen molar-refractivity contribution in [2.45, 2.75) is 31.3 Å². The van der Waals surface area contributed by atoms with Gasteiger partial charge in [-0.15, -0.1) is 5.10 Å². The van der Waals surface area contributed by atoms with Crippen molar-refractivity contribution >= 4 is 10.0 Å². The lowest BCUT2D eigenvalue weighted by molar-refractivity contribution is 0.402. The van der Waals surface area contributed by atoms with Gasteiger partial charge in [0.25, 0.3) is 0 Å². The Hall–Kier alpha value is -1.93. The van der Waals surface area contributed by atoms with Crippen molar-refractivity contribution in [1.82, 2.24) is 19.7 Å². The molecule has 0 spiro atoms. The van der Waals surface area contributed by atoms with Gasteiger partial charge in [0.2, 0.25) is 10.0 Å². The van der Waals surface area contributed by atoms with Crippen molar-refractivity contribution in [2.75, 3.05) is 7.11 Å². The Morgan fingerprint density at radius 3 is 2.81 bits per heavy atom. The third-order valence-electron chi connectivity index (χ3n) is 2.84. The Bertz CT molecular complexity index is 697. The predicted molar refractivity (Wildman–Crippen MR) is 77.3 cm³/mol. The first-order chi connectivity index (χ1) is 10.1. The molecule has 2 rings (SSSR count). The summed E-state index contributed by atoms with van der Waals surface area (Å²) in [6.07, 6.45) is 2.67. The van der Waals surface area contributed by atoms with Crippen LogP contribution >= 0.6 is 0 Å². The fourth-order valence-electron chi connectivity index (χ4n) is 1.85. The lowest BCUT2D eigenvalue weighted by Gasteiger charge is -2.09. The molecular weight excluding hydrogens is 292 g/mol. The van der Waals surface area contributed by atoms with Crippen LogP contribution in [0.15, 0.2) is 35.4 Å². The average Bonchev–Trinajstić information content (AvgIpc) is 2.93. The number of sulfonamides is 1. The number of nitrogens with zero attached hydrogens (tertiary/aromatic N) is 3. The zero-order chi connectivity index (χ0) is 15.3. The molecule has 1 aromatic carbocycles. The molecule has 8 heteroatoms. The van der Waals surface area contributed by atoms with Crippen LogP contribution in [-0.4, -0.2) is 30.5 Å². The minimum absolute atomic E-state index is 0.0874. The number of para-hydroxylation sites is 1. The maximum atomic E-state index is 12.3. The molecule has 0 fully saturated rings. The van der Waals surface area contributed by atoms with E-state index in [0.29, 0.717) is 11.4 Å². The highest BCUT2D eigenvalue weighted by Gasteiger charge is 2.19. The van der Waals surface area contributed by atoms with Crippen molar-refractivity contribution in [3.8, 4) is 5.75 Å². The molecule has 0 bridgehead atoms. The average molecular weight is 310 g/mol. The van der Waals surface area contributed by atoms with Crippen LogP contribution in [0.25, 0.3) is 0 Å². The number of benzene rings is 1. The largest absolute Gasteiger partial charge is 0.495 e. The summed E-state index contributed by atoms with van der Waals surface area (Å²) >= 11 is 0. The Kier molecular flexibility index (Phi) is 4.92. The first kappa shape index (κ1) is 15.5. The van der Waals surface area contributed by atoms with Gasteiger partial charge in [0, 0.05) is 12.7 Å². The van der Waals surface area contributed by atoms with E-state index >= 15 is 0 Å². The number of aromatic nitrogens is 3. The lowest BCUT2D eigenvalue weighted by Crippen LogP contribution is -2.24. The highest BCUT2D eigenvalue weighted by Crippen LogP contribution is 2.22. The Morgan fingerprint density at radius 1 is 1.33 bits per heavy atom. The van der Waals surface area contributed by atoms with Crippen LogP contribution in [0.3, 0.4) is 0 Å². The summed E-state index contributed by atoms with van der Waals surface area (Å²) < 4.78 is 33.8. The predicted octanol–water partition coefficient (Wildman–Crippen LogP) is 1.18. The second-order valence-electron chi connectivity index (χ2n) is 4.45. The number of methoxy groups -OCH3 is 1. The molecule has 0 unspecified atom stereocenters. The maximum Gasteiger partial charge on any atom is 0.244 e. The molecule has 1 N–H and O–H groups in total. The first-order valence-corrected chi connectivity index (χ1v) is 8.07. The standard InChI is InChI=1S/C13H18N4O3S/c1-3-8-17-10-11(15-16-17)9-14-21(18,19)13-7-5-4-6-12(13)20-2/h4-7,10,14H,3,8-9H2,1-2H3. The number of nitrogens with one attached hydrogen (secondary N) is 1. The Balaban J connectivity index is 2.10. The van der Waals surface area contributed by atoms with Crippen LogP contribution < -0.4 is 9.46 Å². The number of rotatable bonds is 7. The van der Waals surface area contributed by atoms with Gasteiger partial charge >= 0.3 is 0 Å². The summed E-state index contributed by atoms with van der Waals surface area (Å²) in [5.41, 5.74) is 0.571. The van der Waals surface area contributed by atoms with E-state index in [0.717, 1.165) is 13.0 Å². The smallest absolute Gasteiger partial charge is 0.244 e. The molecule has 0 aliphatic rings. The van der Waals surface area contributed by atoms with Gasteiger partial charge in [-0.2, -0.15) is 0 Å². The SMILES string of the molecule is CCCn1cc(CNS(=O)(=O)c2ccccc2OC)nn1. The molecule has 1 aromatic heterocycles. The van der Waals surface area contributed by atoms with Crippen molar-refractivity contribution in [3.63, 3.8) is 0 Å². The van der Waals surface area contributed by atoms with Crippen molar-refractivity contribution in [3.05, 3.63) is 36.2 Å². The van der Waals surface area contributed by atoms with Crippen LogP contribution in [-0.2, 0) is 23.1 Å². The van der Waals surface area contributed by atoms with Crippen LogP contribution in [0.1, 0.15) is 19.0 Å². The van der Waals surface area contributed by atoms with Crippen LogP contribution in [0.5, 0.6) is 5.75 Å². The van der Waals surface area contributed by atoms with E-state index in [2.05, 4.69) is 15.0 Å². The molecule has 2 aromatic rings. The highest BCUT2D eigenvalue weighted by atomic mass is 32.2. The molecule has 7 nitrogen and oxygen atoms in total. The summed E-state index contributed by atoms with van der Waals surface area (Å²) in [5, 5.41) is 7.85. The monoisotopic (exact) mass is 310 g/mol. The summed E-state index contributed by atoms with van der Waals surface area (Å²) in [6.45, 7) is 2.88. The Labute approximate surface area is 124 Å². The molecular formula is C13H18N4O3S. The quantitative estimate of drug-likeness (QED) is 0.830. The molecule has 1 heterocycles. The van der Waals surface area contributed by atoms with Crippen molar-refractivity contribution in [2.24, 2.45) is 0 Å². The van der Waals surface area contributed by atoms with Gasteiger partial charge in [-0.25, -0.2) is 13.1 Å². The molecule has 0 radical (unpaired) electrons. The van der Waals surface area contributed by atoms with E-state index in [1.807, 2.05) is 6.92 Å². The van der Waals surface area contributed by atoms with E-state index in [1.54, 1.807) is 29.1 Å². The van der Waals surface area contributed by atoms with Gasteiger partial charge in [0.15, 0.2) is 0 Å². The minimum atomic E-state index is -3.66. The van der Waals surface area contributed by atoms with E-state index in [1.165, 1.54) is 13.2 Å². The number of hydrogen-bond acceptors (Lipinski definition) is 5. The number of ether oxygens (including phenoxy) is 1. The second kappa shape index (κ2) is 6.68. The lowest BCUT2D eigenvalue weighted by atomic mass is 10.3. The van der Waals surface area contributed by atoms with E-state index in [-0.39, 0.29) is 11.4 Å². The topological polar surface area (TPSA) is 86.1 Å². The van der Waals surface area contributed by atoms with Gasteiger partial charge in [-0.3, -0.25) is 4.68 Å². The van der Waals surface area contributed by atoms with Crippen LogP contribution in [0.2, 0.25) is 0 Å². The molecule has 0 amide bonds. The zero-order valence-electron chi connectivity index (χ0n) is 12.0. The third-order valence-corrected chi connectivity index (χ3v) is 4.28. The molecule has 0 aliphatic heterocycles. The third kappa shape index (κ3) is 3.79. The van der Waals surface area contributed by atoms with Gasteiger partial charge < -0.3 is 4.74 Å². The molecule has 114 valence electrons. The van der Waals surface area contributed by atoms with Gasteiger partial charge in [-0.05, 0) is 18.6 Å². The molecule has 0 saturated carbocycles. The summed E-state index contributed by atoms with van der Waals surface area (Å²) in [7, 11) is -2.22. The number of hydrogen-bond donors (Lipinski definition) is 1. The van der Waals surface area contributed by atoms with Crippen LogP contribution in [0, 0.1) is 0 Å². The second-order valence-corrected chi connectivity index (χ2v) is 6.18. The van der Waals surface area contributed by atoms with Crippen molar-refractivity contribution < 1.29 is 13.2 Å². The molecule has 0 saturated heterocycles. The van der Waals surface area contributed by atoms with Gasteiger partial charge in [0.05, 0.1) is 19.3 Å². The van der Waals surface area contributed by atoms with Crippen LogP contribution in [0.4, 0.5) is 0 Å². The van der Waals surface area contributed by atoms with Crippen molar-refractivity contribution in [1.29, 1.82) is 0 Å². The fourth-order valence-corrected chi connectivity index (χ4v) is 3.01. The highest BCUT2D eigenvalue weighted by molar-refractivity contribution is 7.89. The van der Waals surface area contributed by atoms with E-state index < -0.39 is 10.0 Å². The Morgan fingerprint density at radius 2 is 2.10 bits per heavy atom. The summed E-state index contributed by atoms with van der Waals surface area (Å²) in [4.78, 5) is 0.105. The molecule has 0 aliphatic carbocycles. The maximum absolute atomic E-state index is 12.3. The molecule has 0 atom stereocenters. The van der Waals surface area contributed by atoms with E-state index in [9.17, 15) is 8.42 Å². The summed E-state index contributed by atoms with van der Waals surface area (Å²) in [6, 6.07) is 6.46. The number of aryl methyl sites for hydroxylation is 1. The fraction of sp³-hybridized carbons (Fsp3) is 0.385.